The van der Waals surface area contributed by atoms with Gasteiger partial charge in [-0.1, -0.05) is 13.2 Å². The largest absolute Gasteiger partial charge is 0.463 e. The maximum atomic E-state index is 10.7. The van der Waals surface area contributed by atoms with Crippen LogP contribution in [-0.2, 0) is 23.8 Å². The van der Waals surface area contributed by atoms with Crippen molar-refractivity contribution in [2.24, 2.45) is 0 Å². The molecule has 0 amide bonds. The predicted octanol–water partition coefficient (Wildman–Crippen LogP) is 2.43. The van der Waals surface area contributed by atoms with Crippen molar-refractivity contribution in [2.45, 2.75) is 26.9 Å². The first-order chi connectivity index (χ1) is 9.38. The van der Waals surface area contributed by atoms with E-state index in [9.17, 15) is 9.59 Å². The summed E-state index contributed by atoms with van der Waals surface area (Å²) >= 11 is 0. The molecule has 0 aliphatic carbocycles. The van der Waals surface area contributed by atoms with E-state index in [1.165, 1.54) is 0 Å². The van der Waals surface area contributed by atoms with Crippen LogP contribution in [0.2, 0.25) is 0 Å². The minimum atomic E-state index is -0.337. The van der Waals surface area contributed by atoms with Crippen molar-refractivity contribution in [3.63, 3.8) is 0 Å². The van der Waals surface area contributed by atoms with Crippen LogP contribution in [0.1, 0.15) is 20.8 Å². The smallest absolute Gasteiger partial charge is 0.333 e. The summed E-state index contributed by atoms with van der Waals surface area (Å²) in [4.78, 5) is 21.1. The summed E-state index contributed by atoms with van der Waals surface area (Å²) in [5, 5.41) is 0. The summed E-state index contributed by atoms with van der Waals surface area (Å²) in [5.41, 5.74) is 0.882. The fraction of sp³-hybridized carbons (Fsp3) is 0.467. The number of epoxide rings is 1. The first kappa shape index (κ1) is 20.4. The maximum Gasteiger partial charge on any atom is 0.333 e. The molecule has 1 saturated heterocycles. The molecule has 0 spiro atoms. The van der Waals surface area contributed by atoms with Crippen LogP contribution in [0.4, 0.5) is 0 Å². The highest BCUT2D eigenvalue weighted by molar-refractivity contribution is 5.87. The number of rotatable bonds is 5. The Hall–Kier alpha value is -1.88. The monoisotopic (exact) mass is 284 g/mol. The Kier molecular flexibility index (Phi) is 12.4. The van der Waals surface area contributed by atoms with Crippen molar-refractivity contribution in [1.29, 1.82) is 0 Å². The second kappa shape index (κ2) is 12.2. The molecule has 0 bridgehead atoms. The zero-order valence-corrected chi connectivity index (χ0v) is 12.6. The fourth-order valence-corrected chi connectivity index (χ4v) is 0.710. The highest BCUT2D eigenvalue weighted by Crippen LogP contribution is 2.09. The summed E-state index contributed by atoms with van der Waals surface area (Å²) in [6.45, 7) is 19.3. The standard InChI is InChI=1S/C7H10O3.C6H10O2.C2H4/c1-5(2)7(8)10-4-6-3-9-6;1-4-8-6(7)5(2)3;1-2/h6H,1,3-4H2,2H3;2,4H2,1,3H3;1-2H2. The molecule has 0 radical (unpaired) electrons. The third-order valence-corrected chi connectivity index (χ3v) is 1.78. The van der Waals surface area contributed by atoms with Crippen LogP contribution < -0.4 is 0 Å². The number of hydrogen-bond acceptors (Lipinski definition) is 5. The molecule has 1 unspecified atom stereocenters. The van der Waals surface area contributed by atoms with Crippen LogP contribution in [0.5, 0.6) is 0 Å². The van der Waals surface area contributed by atoms with Crippen molar-refractivity contribution in [1.82, 2.24) is 0 Å². The average molecular weight is 284 g/mol. The van der Waals surface area contributed by atoms with Crippen LogP contribution in [-0.4, -0.2) is 37.9 Å². The average Bonchev–Trinajstić information content (AvgIpc) is 3.23. The first-order valence-electron chi connectivity index (χ1n) is 6.15. The van der Waals surface area contributed by atoms with Gasteiger partial charge in [-0.2, -0.15) is 0 Å². The quantitative estimate of drug-likeness (QED) is 0.336. The summed E-state index contributed by atoms with van der Waals surface area (Å²) in [5.74, 6) is -0.650. The van der Waals surface area contributed by atoms with E-state index in [0.717, 1.165) is 0 Å². The minimum absolute atomic E-state index is 0.142. The molecule has 0 aromatic rings. The van der Waals surface area contributed by atoms with Gasteiger partial charge in [0.25, 0.3) is 0 Å². The van der Waals surface area contributed by atoms with Gasteiger partial charge in [0.15, 0.2) is 0 Å². The van der Waals surface area contributed by atoms with Gasteiger partial charge in [0, 0.05) is 11.1 Å². The molecule has 1 fully saturated rings. The lowest BCUT2D eigenvalue weighted by molar-refractivity contribution is -0.139. The number of hydrogen-bond donors (Lipinski definition) is 0. The third kappa shape index (κ3) is 12.6. The Morgan fingerprint density at radius 1 is 1.10 bits per heavy atom. The van der Waals surface area contributed by atoms with Crippen LogP contribution in [0.3, 0.4) is 0 Å². The van der Waals surface area contributed by atoms with E-state index in [2.05, 4.69) is 31.1 Å². The van der Waals surface area contributed by atoms with Gasteiger partial charge in [0.2, 0.25) is 0 Å². The molecule has 5 heteroatoms. The van der Waals surface area contributed by atoms with Crippen molar-refractivity contribution < 1.29 is 23.8 Å². The molecular formula is C15H24O5. The van der Waals surface area contributed by atoms with Gasteiger partial charge in [-0.3, -0.25) is 0 Å². The maximum absolute atomic E-state index is 10.7. The molecule has 114 valence electrons. The zero-order valence-electron chi connectivity index (χ0n) is 12.6. The summed E-state index contributed by atoms with van der Waals surface area (Å²) in [6.07, 6.45) is 0.142. The molecule has 1 heterocycles. The van der Waals surface area contributed by atoms with E-state index in [1.807, 2.05) is 0 Å². The van der Waals surface area contributed by atoms with Crippen molar-refractivity contribution in [3.05, 3.63) is 37.5 Å². The van der Waals surface area contributed by atoms with E-state index in [-0.39, 0.29) is 18.0 Å². The third-order valence-electron chi connectivity index (χ3n) is 1.78. The predicted molar refractivity (Wildman–Crippen MR) is 78.2 cm³/mol. The van der Waals surface area contributed by atoms with Crippen molar-refractivity contribution >= 4 is 11.9 Å². The summed E-state index contributed by atoms with van der Waals surface area (Å²) in [6, 6.07) is 0. The first-order valence-corrected chi connectivity index (χ1v) is 6.15. The second-order valence-corrected chi connectivity index (χ2v) is 3.83. The molecule has 0 N–H and O–H groups in total. The molecular weight excluding hydrogens is 260 g/mol. The van der Waals surface area contributed by atoms with Gasteiger partial charge in [0.05, 0.1) is 13.2 Å². The van der Waals surface area contributed by atoms with Gasteiger partial charge < -0.3 is 14.2 Å². The number of ether oxygens (including phenoxy) is 3. The minimum Gasteiger partial charge on any atom is -0.463 e. The second-order valence-electron chi connectivity index (χ2n) is 3.83. The zero-order chi connectivity index (χ0) is 16.1. The van der Waals surface area contributed by atoms with Crippen molar-refractivity contribution in [2.75, 3.05) is 19.8 Å². The molecule has 0 aromatic carbocycles. The van der Waals surface area contributed by atoms with Crippen LogP contribution >= 0.6 is 0 Å². The summed E-state index contributed by atoms with van der Waals surface area (Å²) < 4.78 is 14.2. The van der Waals surface area contributed by atoms with Gasteiger partial charge >= 0.3 is 11.9 Å². The Morgan fingerprint density at radius 3 is 1.75 bits per heavy atom. The topological polar surface area (TPSA) is 65.1 Å². The Morgan fingerprint density at radius 2 is 1.50 bits per heavy atom. The number of carbonyl (C=O) groups excluding carboxylic acids is 2. The molecule has 5 nitrogen and oxygen atoms in total. The van der Waals surface area contributed by atoms with E-state index < -0.39 is 0 Å². The molecule has 0 saturated carbocycles. The Balaban J connectivity index is 0. The molecule has 0 aromatic heterocycles. The Labute approximate surface area is 120 Å². The number of carbonyl (C=O) groups is 2. The molecule has 1 atom stereocenters. The van der Waals surface area contributed by atoms with Crippen LogP contribution in [0.25, 0.3) is 0 Å². The van der Waals surface area contributed by atoms with Crippen molar-refractivity contribution in [3.8, 4) is 0 Å². The Bertz CT molecular complexity index is 342. The molecule has 20 heavy (non-hydrogen) atoms. The molecule has 1 aliphatic rings. The van der Waals surface area contributed by atoms with Gasteiger partial charge in [0.1, 0.15) is 12.7 Å². The van der Waals surface area contributed by atoms with Crippen LogP contribution in [0.15, 0.2) is 37.5 Å². The van der Waals surface area contributed by atoms with E-state index >= 15 is 0 Å². The van der Waals surface area contributed by atoms with E-state index in [4.69, 9.17) is 9.47 Å². The highest BCUT2D eigenvalue weighted by Gasteiger charge is 2.24. The molecule has 1 rings (SSSR count). The van der Waals surface area contributed by atoms with Gasteiger partial charge in [-0.15, -0.1) is 13.2 Å². The lowest BCUT2D eigenvalue weighted by atomic mass is 10.4. The lowest BCUT2D eigenvalue weighted by Crippen LogP contribution is -2.09. The summed E-state index contributed by atoms with van der Waals surface area (Å²) in [7, 11) is 0. The SMILES string of the molecule is C=C.C=C(C)C(=O)OCC.C=C(C)C(=O)OCC1CO1. The van der Waals surface area contributed by atoms with Gasteiger partial charge in [-0.25, -0.2) is 9.59 Å². The van der Waals surface area contributed by atoms with Crippen LogP contribution in [0, 0.1) is 0 Å². The van der Waals surface area contributed by atoms with Gasteiger partial charge in [-0.05, 0) is 20.8 Å². The van der Waals surface area contributed by atoms with E-state index in [1.54, 1.807) is 20.8 Å². The lowest BCUT2D eigenvalue weighted by Gasteiger charge is -1.99. The van der Waals surface area contributed by atoms with E-state index in [0.29, 0.717) is 31.0 Å². The molecule has 1 aliphatic heterocycles. The number of esters is 2. The normalized spacial score (nSPS) is 14.4. The highest BCUT2D eigenvalue weighted by atomic mass is 16.6. The fourth-order valence-electron chi connectivity index (χ4n) is 0.710.